The lowest BCUT2D eigenvalue weighted by molar-refractivity contribution is -0.169. The summed E-state index contributed by atoms with van der Waals surface area (Å²) in [5.41, 5.74) is -0.409. The van der Waals surface area contributed by atoms with E-state index in [1.54, 1.807) is 17.0 Å². The molecule has 3 heterocycles. The van der Waals surface area contributed by atoms with Gasteiger partial charge >= 0.3 is 0 Å². The van der Waals surface area contributed by atoms with Gasteiger partial charge in [-0.15, -0.1) is 0 Å². The average molecular weight is 482 g/mol. The number of amides is 2. The van der Waals surface area contributed by atoms with Crippen LogP contribution in [-0.2, 0) is 20.7 Å². The minimum atomic E-state index is -1.22. The normalized spacial score (nSPS) is 29.7. The first-order chi connectivity index (χ1) is 15.4. The molecule has 3 saturated heterocycles. The second kappa shape index (κ2) is 8.76. The maximum atomic E-state index is 13.5. The molecule has 0 spiro atoms. The summed E-state index contributed by atoms with van der Waals surface area (Å²) in [6.45, 7) is 3.74. The Morgan fingerprint density at radius 2 is 1.69 bits per heavy atom. The third-order valence-electron chi connectivity index (χ3n) is 7.36. The van der Waals surface area contributed by atoms with E-state index in [2.05, 4.69) is 4.90 Å². The van der Waals surface area contributed by atoms with Crippen molar-refractivity contribution in [1.82, 2.24) is 14.7 Å². The van der Waals surface area contributed by atoms with Crippen LogP contribution in [0.2, 0.25) is 10.0 Å². The van der Waals surface area contributed by atoms with E-state index in [1.807, 2.05) is 11.0 Å². The molecule has 0 radical (unpaired) electrons. The Kier molecular flexibility index (Phi) is 6.14. The van der Waals surface area contributed by atoms with Crippen molar-refractivity contribution in [2.24, 2.45) is 0 Å². The first kappa shape index (κ1) is 22.4. The zero-order chi connectivity index (χ0) is 22.5. The van der Waals surface area contributed by atoms with Crippen LogP contribution in [0.4, 0.5) is 0 Å². The summed E-state index contributed by atoms with van der Waals surface area (Å²) in [7, 11) is 0. The lowest BCUT2D eigenvalue weighted by atomic mass is 9.90. The van der Waals surface area contributed by atoms with Gasteiger partial charge in [-0.1, -0.05) is 29.3 Å². The molecule has 1 aliphatic carbocycles. The van der Waals surface area contributed by atoms with Crippen molar-refractivity contribution in [3.63, 3.8) is 0 Å². The van der Waals surface area contributed by atoms with Crippen LogP contribution < -0.4 is 0 Å². The molecule has 4 aliphatic rings. The molecule has 4 fully saturated rings. The van der Waals surface area contributed by atoms with Gasteiger partial charge in [-0.25, -0.2) is 0 Å². The zero-order valence-corrected chi connectivity index (χ0v) is 19.5. The molecule has 0 bridgehead atoms. The molecule has 5 rings (SSSR count). The van der Waals surface area contributed by atoms with E-state index >= 15 is 0 Å². The Bertz CT molecular complexity index is 903. The van der Waals surface area contributed by atoms with Crippen molar-refractivity contribution in [1.29, 1.82) is 0 Å². The summed E-state index contributed by atoms with van der Waals surface area (Å²) < 4.78 is 5.97. The van der Waals surface area contributed by atoms with Crippen molar-refractivity contribution in [3.8, 4) is 0 Å². The monoisotopic (exact) mass is 481 g/mol. The van der Waals surface area contributed by atoms with Gasteiger partial charge in [0.2, 0.25) is 5.91 Å². The van der Waals surface area contributed by atoms with Gasteiger partial charge in [0.15, 0.2) is 0 Å². The van der Waals surface area contributed by atoms with Crippen LogP contribution in [0.15, 0.2) is 18.2 Å². The van der Waals surface area contributed by atoms with Crippen LogP contribution >= 0.6 is 23.2 Å². The quantitative estimate of drug-likeness (QED) is 0.711. The van der Waals surface area contributed by atoms with E-state index in [-0.39, 0.29) is 36.4 Å². The number of halogens is 2. The summed E-state index contributed by atoms with van der Waals surface area (Å²) in [5.74, 6) is -0.198. The Balaban J connectivity index is 1.41. The van der Waals surface area contributed by atoms with Crippen LogP contribution in [-0.4, -0.2) is 94.7 Å². The van der Waals surface area contributed by atoms with Crippen molar-refractivity contribution >= 4 is 35.0 Å². The topological polar surface area (TPSA) is 73.3 Å². The molecule has 3 atom stereocenters. The van der Waals surface area contributed by atoms with Crippen LogP contribution in [0.3, 0.4) is 0 Å². The van der Waals surface area contributed by atoms with Crippen LogP contribution in [0.1, 0.15) is 31.2 Å². The molecule has 1 aromatic carbocycles. The van der Waals surface area contributed by atoms with Crippen molar-refractivity contribution in [3.05, 3.63) is 33.8 Å². The fourth-order valence-corrected chi connectivity index (χ4v) is 5.77. The fourth-order valence-electron chi connectivity index (χ4n) is 5.45. The molecular formula is C23H29Cl2N3O4. The number of likely N-dealkylation sites (tertiary alicyclic amines) is 1. The largest absolute Gasteiger partial charge is 0.380 e. The molecule has 1 N–H and O–H groups in total. The smallest absolute Gasteiger partial charge is 0.254 e. The van der Waals surface area contributed by atoms with Crippen molar-refractivity contribution < 1.29 is 19.4 Å². The average Bonchev–Trinajstić information content (AvgIpc) is 3.31. The number of ether oxygens (including phenoxy) is 1. The van der Waals surface area contributed by atoms with Gasteiger partial charge in [-0.3, -0.25) is 14.5 Å². The minimum absolute atomic E-state index is 0.0155. The lowest BCUT2D eigenvalue weighted by Crippen LogP contribution is -2.73. The molecule has 3 aliphatic heterocycles. The number of hydrogen-bond acceptors (Lipinski definition) is 5. The molecule has 0 aromatic heterocycles. The number of rotatable bonds is 4. The number of hydrogen-bond donors (Lipinski definition) is 1. The molecule has 7 nitrogen and oxygen atoms in total. The fraction of sp³-hybridized carbons (Fsp3) is 0.652. The number of carbonyl (C=O) groups excluding carboxylic acids is 2. The van der Waals surface area contributed by atoms with Crippen LogP contribution in [0.25, 0.3) is 0 Å². The van der Waals surface area contributed by atoms with E-state index in [1.165, 1.54) is 0 Å². The lowest BCUT2D eigenvalue weighted by Gasteiger charge is -2.54. The van der Waals surface area contributed by atoms with Gasteiger partial charge in [0, 0.05) is 13.1 Å². The highest BCUT2D eigenvalue weighted by Crippen LogP contribution is 2.39. The van der Waals surface area contributed by atoms with E-state index in [4.69, 9.17) is 27.9 Å². The Hall–Kier alpha value is -1.38. The zero-order valence-electron chi connectivity index (χ0n) is 18.0. The maximum Gasteiger partial charge on any atom is 0.254 e. The van der Waals surface area contributed by atoms with E-state index in [0.717, 1.165) is 31.5 Å². The minimum Gasteiger partial charge on any atom is -0.380 e. The summed E-state index contributed by atoms with van der Waals surface area (Å²) in [4.78, 5) is 32.7. The molecule has 174 valence electrons. The third kappa shape index (κ3) is 4.14. The molecule has 1 unspecified atom stereocenters. The third-order valence-corrected chi connectivity index (χ3v) is 8.10. The second-order valence-corrected chi connectivity index (χ2v) is 10.3. The van der Waals surface area contributed by atoms with E-state index < -0.39 is 5.60 Å². The molecule has 32 heavy (non-hydrogen) atoms. The van der Waals surface area contributed by atoms with Crippen LogP contribution in [0.5, 0.6) is 0 Å². The maximum absolute atomic E-state index is 13.5. The SMILES string of the molecule is O=C(Cc1ccc(Cl)c(Cl)c1)N1CCN(C(=O)C2(O)CC2)[C@@H]2COCC(N3CCCC3)[C@H]21. The first-order valence-electron chi connectivity index (χ1n) is 11.5. The Morgan fingerprint density at radius 1 is 1.00 bits per heavy atom. The van der Waals surface area contributed by atoms with Gasteiger partial charge in [-0.2, -0.15) is 0 Å². The molecule has 2 amide bonds. The van der Waals surface area contributed by atoms with E-state index in [9.17, 15) is 14.7 Å². The number of benzene rings is 1. The summed E-state index contributed by atoms with van der Waals surface area (Å²) >= 11 is 12.2. The molecule has 1 saturated carbocycles. The number of nitrogens with zero attached hydrogens (tertiary/aromatic N) is 3. The first-order valence-corrected chi connectivity index (χ1v) is 12.2. The summed E-state index contributed by atoms with van der Waals surface area (Å²) in [6.07, 6.45) is 3.51. The number of carbonyl (C=O) groups is 2. The van der Waals surface area contributed by atoms with Gasteiger partial charge in [0.05, 0.1) is 47.8 Å². The molecule has 1 aromatic rings. The Morgan fingerprint density at radius 3 is 2.38 bits per heavy atom. The summed E-state index contributed by atoms with van der Waals surface area (Å²) in [6, 6.07) is 4.91. The number of fused-ring (bicyclic) bond motifs is 1. The van der Waals surface area contributed by atoms with Gasteiger partial charge in [0.1, 0.15) is 5.60 Å². The Labute approximate surface area is 198 Å². The number of piperazine rings is 1. The van der Waals surface area contributed by atoms with Crippen molar-refractivity contribution in [2.45, 2.75) is 55.8 Å². The molecular weight excluding hydrogens is 453 g/mol. The predicted octanol–water partition coefficient (Wildman–Crippen LogP) is 1.96. The highest BCUT2D eigenvalue weighted by Gasteiger charge is 2.55. The highest BCUT2D eigenvalue weighted by atomic mass is 35.5. The standard InChI is InChI=1S/C23H29Cl2N3O4/c24-16-4-3-15(11-17(16)25)12-20(29)28-10-9-27(22(30)23(31)5-6-23)19-14-32-13-18(21(19)28)26-7-1-2-8-26/h3-4,11,18-19,21,31H,1-2,5-10,12-14H2/t18?,19-,21-/m1/s1. The summed E-state index contributed by atoms with van der Waals surface area (Å²) in [5, 5.41) is 11.4. The van der Waals surface area contributed by atoms with Gasteiger partial charge in [0.25, 0.3) is 5.91 Å². The highest BCUT2D eigenvalue weighted by molar-refractivity contribution is 6.42. The van der Waals surface area contributed by atoms with Gasteiger partial charge in [-0.05, 0) is 56.5 Å². The van der Waals surface area contributed by atoms with Gasteiger partial charge < -0.3 is 19.6 Å². The molecule has 9 heteroatoms. The predicted molar refractivity (Wildman–Crippen MR) is 121 cm³/mol. The van der Waals surface area contributed by atoms with E-state index in [0.29, 0.717) is 49.2 Å². The van der Waals surface area contributed by atoms with Crippen LogP contribution in [0, 0.1) is 0 Å². The second-order valence-electron chi connectivity index (χ2n) is 9.45. The van der Waals surface area contributed by atoms with Crippen molar-refractivity contribution in [2.75, 3.05) is 39.4 Å². The number of aliphatic hydroxyl groups is 1.